The standard InChI is InChI=1S/C34H24ClN3OS2/c35-27-12-5-2-9-22(27)19-37-20-23(24-10-4-6-13-28(24)37)18-30-33(39)38-32(29-14-7-17-40-29)26-16-15-21-8-1-3-11-25(21)31(26)36-34(38)41-30/h1-14,17-18,20,32H,15-16,19H2/b30-18+/t32-/m1/s1. The number of thiophene rings is 1. The zero-order valence-corrected chi connectivity index (χ0v) is 24.3. The molecule has 0 N–H and O–H groups in total. The van der Waals surface area contributed by atoms with Gasteiger partial charge in [-0.1, -0.05) is 89.7 Å². The van der Waals surface area contributed by atoms with E-state index >= 15 is 0 Å². The van der Waals surface area contributed by atoms with Gasteiger partial charge in [0.2, 0.25) is 0 Å². The third-order valence-electron chi connectivity index (χ3n) is 8.09. The molecule has 0 saturated carbocycles. The average Bonchev–Trinajstić information content (AvgIpc) is 3.73. The second kappa shape index (κ2) is 9.84. The van der Waals surface area contributed by atoms with Gasteiger partial charge in [-0.3, -0.25) is 9.36 Å². The fourth-order valence-corrected chi connectivity index (χ4v) is 8.23. The zero-order valence-electron chi connectivity index (χ0n) is 22.0. The minimum Gasteiger partial charge on any atom is -0.342 e. The highest BCUT2D eigenvalue weighted by atomic mass is 35.5. The summed E-state index contributed by atoms with van der Waals surface area (Å²) in [7, 11) is 0. The molecule has 0 saturated heterocycles. The number of halogens is 1. The molecule has 0 radical (unpaired) electrons. The van der Waals surface area contributed by atoms with E-state index in [1.54, 1.807) is 11.3 Å². The molecule has 0 fully saturated rings. The molecule has 8 rings (SSSR count). The molecule has 0 bridgehead atoms. The molecule has 7 heteroatoms. The Kier molecular flexibility index (Phi) is 5.95. The molecule has 3 aromatic carbocycles. The Bertz CT molecular complexity index is 2180. The molecule has 0 spiro atoms. The van der Waals surface area contributed by atoms with E-state index in [0.717, 1.165) is 50.4 Å². The summed E-state index contributed by atoms with van der Waals surface area (Å²) in [5.41, 5.74) is 7.98. The Morgan fingerprint density at radius 3 is 2.66 bits per heavy atom. The first kappa shape index (κ1) is 24.8. The molecular weight excluding hydrogens is 566 g/mol. The summed E-state index contributed by atoms with van der Waals surface area (Å²) in [5.74, 6) is 0. The first-order valence-electron chi connectivity index (χ1n) is 13.6. The third-order valence-corrected chi connectivity index (χ3v) is 10.4. The molecule has 41 heavy (non-hydrogen) atoms. The summed E-state index contributed by atoms with van der Waals surface area (Å²) in [5, 5.41) is 3.95. The van der Waals surface area contributed by atoms with Crippen LogP contribution in [0.25, 0.3) is 22.7 Å². The number of rotatable bonds is 4. The topological polar surface area (TPSA) is 39.3 Å². The van der Waals surface area contributed by atoms with Crippen LogP contribution in [-0.2, 0) is 13.0 Å². The van der Waals surface area contributed by atoms with E-state index in [0.29, 0.717) is 11.1 Å². The van der Waals surface area contributed by atoms with Gasteiger partial charge in [0.15, 0.2) is 4.80 Å². The minimum absolute atomic E-state index is 0.0143. The van der Waals surface area contributed by atoms with E-state index in [1.165, 1.54) is 32.9 Å². The van der Waals surface area contributed by atoms with E-state index in [2.05, 4.69) is 70.7 Å². The molecule has 1 atom stereocenters. The van der Waals surface area contributed by atoms with Crippen LogP contribution in [0.4, 0.5) is 0 Å². The van der Waals surface area contributed by atoms with Crippen LogP contribution >= 0.6 is 34.3 Å². The van der Waals surface area contributed by atoms with Crippen LogP contribution < -0.4 is 14.9 Å². The molecular formula is C34H24ClN3OS2. The molecule has 4 heterocycles. The largest absolute Gasteiger partial charge is 0.342 e. The summed E-state index contributed by atoms with van der Waals surface area (Å²) in [6, 6.07) is 28.9. The maximum absolute atomic E-state index is 14.2. The maximum Gasteiger partial charge on any atom is 0.271 e. The van der Waals surface area contributed by atoms with Crippen molar-refractivity contribution in [3.05, 3.63) is 154 Å². The van der Waals surface area contributed by atoms with Crippen LogP contribution in [0, 0.1) is 0 Å². The van der Waals surface area contributed by atoms with Crippen LogP contribution in [0.15, 0.2) is 112 Å². The van der Waals surface area contributed by atoms with Crippen LogP contribution in [-0.4, -0.2) is 9.13 Å². The van der Waals surface area contributed by atoms with Crippen molar-refractivity contribution in [2.45, 2.75) is 25.4 Å². The first-order valence-corrected chi connectivity index (χ1v) is 15.7. The maximum atomic E-state index is 14.2. The van der Waals surface area contributed by atoms with Crippen LogP contribution in [0.5, 0.6) is 0 Å². The van der Waals surface area contributed by atoms with Crippen molar-refractivity contribution in [2.24, 2.45) is 4.99 Å². The Hall–Kier alpha value is -3.97. The predicted octanol–water partition coefficient (Wildman–Crippen LogP) is 7.04. The number of aromatic nitrogens is 2. The molecule has 1 aliphatic carbocycles. The SMILES string of the molecule is O=c1/c(=C\c2cn(Cc3ccccc3Cl)c3ccccc23)sc2n1[C@@H](c1cccs1)C1=C(N=2)c2ccccc2CC1. The monoisotopic (exact) mass is 589 g/mol. The molecule has 2 aliphatic rings. The quantitative estimate of drug-likeness (QED) is 0.217. The van der Waals surface area contributed by atoms with Crippen molar-refractivity contribution >= 4 is 57.0 Å². The summed E-state index contributed by atoms with van der Waals surface area (Å²) < 4.78 is 4.83. The van der Waals surface area contributed by atoms with Crippen LogP contribution in [0.1, 0.15) is 39.6 Å². The van der Waals surface area contributed by atoms with E-state index in [4.69, 9.17) is 16.6 Å². The molecule has 1 aliphatic heterocycles. The van der Waals surface area contributed by atoms with Crippen molar-refractivity contribution in [3.8, 4) is 0 Å². The molecule has 6 aromatic rings. The number of allylic oxidation sites excluding steroid dienone is 1. The fraction of sp³-hybridized carbons (Fsp3) is 0.118. The van der Waals surface area contributed by atoms with Crippen LogP contribution in [0.2, 0.25) is 5.02 Å². The number of para-hydroxylation sites is 1. The number of hydrogen-bond donors (Lipinski definition) is 0. The molecule has 3 aromatic heterocycles. The molecule has 0 unspecified atom stereocenters. The average molecular weight is 590 g/mol. The lowest BCUT2D eigenvalue weighted by atomic mass is 9.85. The lowest BCUT2D eigenvalue weighted by Crippen LogP contribution is -2.38. The summed E-state index contributed by atoms with van der Waals surface area (Å²) in [6.07, 6.45) is 6.03. The Morgan fingerprint density at radius 2 is 1.78 bits per heavy atom. The lowest BCUT2D eigenvalue weighted by Gasteiger charge is -2.30. The van der Waals surface area contributed by atoms with Gasteiger partial charge >= 0.3 is 0 Å². The smallest absolute Gasteiger partial charge is 0.271 e. The van der Waals surface area contributed by atoms with Gasteiger partial charge in [0.1, 0.15) is 0 Å². The Balaban J connectivity index is 1.32. The summed E-state index contributed by atoms with van der Waals surface area (Å²) in [4.78, 5) is 21.2. The van der Waals surface area contributed by atoms with Crippen molar-refractivity contribution in [2.75, 3.05) is 0 Å². The number of benzene rings is 3. The number of nitrogens with zero attached hydrogens (tertiary/aromatic N) is 3. The van der Waals surface area contributed by atoms with E-state index in [9.17, 15) is 4.79 Å². The molecule has 4 nitrogen and oxygen atoms in total. The predicted molar refractivity (Wildman–Crippen MR) is 170 cm³/mol. The zero-order chi connectivity index (χ0) is 27.5. The van der Waals surface area contributed by atoms with E-state index in [-0.39, 0.29) is 11.6 Å². The van der Waals surface area contributed by atoms with Crippen molar-refractivity contribution < 1.29 is 0 Å². The van der Waals surface area contributed by atoms with Gasteiger partial charge in [-0.2, -0.15) is 0 Å². The summed E-state index contributed by atoms with van der Waals surface area (Å²) >= 11 is 9.69. The van der Waals surface area contributed by atoms with E-state index in [1.807, 2.05) is 41.0 Å². The Morgan fingerprint density at radius 1 is 0.951 bits per heavy atom. The van der Waals surface area contributed by atoms with Crippen LogP contribution in [0.3, 0.4) is 0 Å². The van der Waals surface area contributed by atoms with Crippen molar-refractivity contribution in [1.29, 1.82) is 0 Å². The van der Waals surface area contributed by atoms with Gasteiger partial charge in [0.05, 0.1) is 16.3 Å². The highest BCUT2D eigenvalue weighted by Crippen LogP contribution is 2.42. The summed E-state index contributed by atoms with van der Waals surface area (Å²) in [6.45, 7) is 0.653. The second-order valence-corrected chi connectivity index (χ2v) is 12.8. The number of aryl methyl sites for hydroxylation is 1. The van der Waals surface area contributed by atoms with Crippen molar-refractivity contribution in [1.82, 2.24) is 9.13 Å². The minimum atomic E-state index is -0.127. The van der Waals surface area contributed by atoms with Gasteiger partial charge in [-0.15, -0.1) is 11.3 Å². The third kappa shape index (κ3) is 4.09. The lowest BCUT2D eigenvalue weighted by molar-refractivity contribution is 0.593. The molecule has 0 amide bonds. The van der Waals surface area contributed by atoms with Gasteiger partial charge in [-0.05, 0) is 59.2 Å². The molecule has 200 valence electrons. The van der Waals surface area contributed by atoms with Gasteiger partial charge in [0, 0.05) is 44.7 Å². The highest BCUT2D eigenvalue weighted by Gasteiger charge is 2.33. The fourth-order valence-electron chi connectivity index (χ4n) is 6.19. The van der Waals surface area contributed by atoms with Gasteiger partial charge < -0.3 is 4.57 Å². The number of hydrogen-bond acceptors (Lipinski definition) is 4. The second-order valence-electron chi connectivity index (χ2n) is 10.5. The van der Waals surface area contributed by atoms with Gasteiger partial charge in [-0.25, -0.2) is 4.99 Å². The van der Waals surface area contributed by atoms with Gasteiger partial charge in [0.25, 0.3) is 5.56 Å². The first-order chi connectivity index (χ1) is 20.2. The Labute approximate surface area is 249 Å². The number of fused-ring (bicyclic) bond motifs is 4. The highest BCUT2D eigenvalue weighted by molar-refractivity contribution is 7.10. The normalized spacial score (nSPS) is 16.4. The van der Waals surface area contributed by atoms with Crippen molar-refractivity contribution in [3.63, 3.8) is 0 Å². The van der Waals surface area contributed by atoms with E-state index < -0.39 is 0 Å². The number of thiazole rings is 1.